The van der Waals surface area contributed by atoms with E-state index >= 15 is 0 Å². The number of nitrogens with zero attached hydrogens (tertiary/aromatic N) is 1. The van der Waals surface area contributed by atoms with E-state index in [0.717, 1.165) is 17.5 Å². The molecule has 1 aliphatic rings. The van der Waals surface area contributed by atoms with Gasteiger partial charge in [0, 0.05) is 18.5 Å². The lowest BCUT2D eigenvalue weighted by Crippen LogP contribution is -2.27. The zero-order valence-corrected chi connectivity index (χ0v) is 10.2. The Morgan fingerprint density at radius 3 is 2.82 bits per heavy atom. The zero-order valence-electron chi connectivity index (χ0n) is 9.43. The molecule has 1 aliphatic heterocycles. The van der Waals surface area contributed by atoms with E-state index < -0.39 is 11.7 Å². The van der Waals surface area contributed by atoms with Crippen LogP contribution in [0.5, 0.6) is 0 Å². The van der Waals surface area contributed by atoms with Gasteiger partial charge in [-0.1, -0.05) is 0 Å². The lowest BCUT2D eigenvalue weighted by molar-refractivity contribution is -0.118. The molecule has 2 unspecified atom stereocenters. The number of hydrogen-bond donors (Lipinski definition) is 2. The fraction of sp³-hybridized carbons (Fsp3) is 0.600. The fourth-order valence-electron chi connectivity index (χ4n) is 1.53. The lowest BCUT2D eigenvalue weighted by Gasteiger charge is -2.20. The highest BCUT2D eigenvalue weighted by atomic mass is 32.2. The van der Waals surface area contributed by atoms with Gasteiger partial charge in [0.15, 0.2) is 0 Å². The average molecular weight is 262 g/mol. The monoisotopic (exact) mass is 262 g/mol. The second-order valence-corrected chi connectivity index (χ2v) is 5.06. The zero-order chi connectivity index (χ0) is 12.8. The number of carbonyl (C=O) groups excluding carboxylic acids is 2. The molecule has 0 aromatic carbocycles. The maximum atomic E-state index is 13.3. The molecule has 0 aliphatic carbocycles. The summed E-state index contributed by atoms with van der Waals surface area (Å²) in [6, 6.07) is 0. The van der Waals surface area contributed by atoms with Crippen LogP contribution in [0.3, 0.4) is 0 Å². The molecule has 0 aromatic rings. The molecule has 1 heterocycles. The molecule has 2 N–H and O–H groups in total. The third-order valence-electron chi connectivity index (χ3n) is 2.45. The summed E-state index contributed by atoms with van der Waals surface area (Å²) in [5.74, 6) is -1.87. The van der Waals surface area contributed by atoms with Crippen molar-refractivity contribution in [3.8, 4) is 0 Å². The minimum atomic E-state index is -1.01. The van der Waals surface area contributed by atoms with Crippen molar-refractivity contribution in [3.63, 3.8) is 0 Å². The van der Waals surface area contributed by atoms with Crippen LogP contribution in [0, 0.1) is 0 Å². The van der Waals surface area contributed by atoms with Gasteiger partial charge in [-0.05, 0) is 12.8 Å². The van der Waals surface area contributed by atoms with Crippen molar-refractivity contribution in [1.29, 1.82) is 0 Å². The molecule has 7 heteroatoms. The Bertz CT molecular complexity index is 325. The quantitative estimate of drug-likeness (QED) is 0.549. The second kappa shape index (κ2) is 6.61. The highest BCUT2D eigenvalue weighted by Crippen LogP contribution is 2.35. The van der Waals surface area contributed by atoms with Crippen molar-refractivity contribution in [2.75, 3.05) is 13.7 Å². The Morgan fingerprint density at radius 2 is 2.35 bits per heavy atom. The Labute approximate surface area is 103 Å². The second-order valence-electron chi connectivity index (χ2n) is 3.58. The molecule has 0 spiro atoms. The average Bonchev–Trinajstić information content (AvgIpc) is 2.83. The first-order valence-corrected chi connectivity index (χ1v) is 6.15. The fourth-order valence-corrected chi connectivity index (χ4v) is 2.86. The van der Waals surface area contributed by atoms with Crippen LogP contribution in [0.25, 0.3) is 0 Å². The first-order chi connectivity index (χ1) is 8.12. The highest BCUT2D eigenvalue weighted by molar-refractivity contribution is 8.00. The number of amides is 2. The normalized spacial score (nSPS) is 24.5. The maximum Gasteiger partial charge on any atom is 0.281 e. The molecule has 5 nitrogen and oxygen atoms in total. The number of hydrogen-bond acceptors (Lipinski definition) is 4. The number of thioether (sulfide) groups is 1. The third kappa shape index (κ3) is 3.71. The molecule has 0 radical (unpaired) electrons. The Hall–Kier alpha value is -1.08. The number of aliphatic hydroxyl groups excluding tert-OH is 1. The van der Waals surface area contributed by atoms with E-state index in [1.165, 1.54) is 18.8 Å². The van der Waals surface area contributed by atoms with Crippen LogP contribution < -0.4 is 5.32 Å². The van der Waals surface area contributed by atoms with Gasteiger partial charge >= 0.3 is 0 Å². The van der Waals surface area contributed by atoms with Gasteiger partial charge in [-0.2, -0.15) is 4.39 Å². The molecule has 2 atom stereocenters. The van der Waals surface area contributed by atoms with E-state index in [4.69, 9.17) is 5.11 Å². The molecule has 2 amide bonds. The van der Waals surface area contributed by atoms with Crippen LogP contribution in [0.2, 0.25) is 0 Å². The minimum Gasteiger partial charge on any atom is -0.395 e. The van der Waals surface area contributed by atoms with Crippen molar-refractivity contribution in [3.05, 3.63) is 12.0 Å². The molecule has 1 saturated heterocycles. The van der Waals surface area contributed by atoms with E-state index in [2.05, 4.69) is 5.32 Å². The van der Waals surface area contributed by atoms with Crippen molar-refractivity contribution < 1.29 is 19.1 Å². The van der Waals surface area contributed by atoms with Crippen LogP contribution in [0.1, 0.15) is 12.8 Å². The molecule has 17 heavy (non-hydrogen) atoms. The third-order valence-corrected chi connectivity index (χ3v) is 4.01. The van der Waals surface area contributed by atoms with Crippen molar-refractivity contribution >= 4 is 24.1 Å². The summed E-state index contributed by atoms with van der Waals surface area (Å²) in [4.78, 5) is 22.9. The maximum absolute atomic E-state index is 13.3. The number of rotatable bonds is 5. The number of nitrogens with one attached hydrogen (secondary N) is 1. The SMILES string of the molecule is CNC(=O)/C(F)=C\N(C=O)C1CCC(CO)S1. The van der Waals surface area contributed by atoms with Crippen LogP contribution in [-0.2, 0) is 9.59 Å². The minimum absolute atomic E-state index is 0.0372. The Morgan fingerprint density at radius 1 is 1.65 bits per heavy atom. The predicted molar refractivity (Wildman–Crippen MR) is 62.6 cm³/mol. The summed E-state index contributed by atoms with van der Waals surface area (Å²) in [7, 11) is 1.31. The van der Waals surface area contributed by atoms with Gasteiger partial charge in [-0.15, -0.1) is 11.8 Å². The Balaban J connectivity index is 2.66. The van der Waals surface area contributed by atoms with Crippen LogP contribution in [0.15, 0.2) is 12.0 Å². The van der Waals surface area contributed by atoms with E-state index in [-0.39, 0.29) is 17.2 Å². The summed E-state index contributed by atoms with van der Waals surface area (Å²) in [6.45, 7) is 0.0372. The Kier molecular flexibility index (Phi) is 5.43. The summed E-state index contributed by atoms with van der Waals surface area (Å²) in [6.07, 6.45) is 2.82. The van der Waals surface area contributed by atoms with Crippen LogP contribution >= 0.6 is 11.8 Å². The smallest absolute Gasteiger partial charge is 0.281 e. The molecule has 0 saturated carbocycles. The van der Waals surface area contributed by atoms with Gasteiger partial charge < -0.3 is 15.3 Å². The summed E-state index contributed by atoms with van der Waals surface area (Å²) in [5, 5.41) is 10.9. The van der Waals surface area contributed by atoms with E-state index in [1.807, 2.05) is 0 Å². The van der Waals surface area contributed by atoms with Gasteiger partial charge in [-0.3, -0.25) is 9.59 Å². The number of halogens is 1. The van der Waals surface area contributed by atoms with Gasteiger partial charge in [0.25, 0.3) is 5.91 Å². The number of carbonyl (C=O) groups is 2. The largest absolute Gasteiger partial charge is 0.395 e. The van der Waals surface area contributed by atoms with Gasteiger partial charge in [-0.25, -0.2) is 0 Å². The first kappa shape index (κ1) is 14.0. The molecule has 0 bridgehead atoms. The van der Waals surface area contributed by atoms with Gasteiger partial charge in [0.2, 0.25) is 12.2 Å². The molecular weight excluding hydrogens is 247 g/mol. The topological polar surface area (TPSA) is 69.6 Å². The number of aliphatic hydroxyl groups is 1. The van der Waals surface area contributed by atoms with Crippen molar-refractivity contribution in [1.82, 2.24) is 10.2 Å². The first-order valence-electron chi connectivity index (χ1n) is 5.20. The van der Waals surface area contributed by atoms with Gasteiger partial charge in [0.05, 0.1) is 12.0 Å². The molecule has 96 valence electrons. The number of likely N-dealkylation sites (N-methyl/N-ethyl adjacent to an activating group) is 1. The van der Waals surface area contributed by atoms with E-state index in [0.29, 0.717) is 12.8 Å². The van der Waals surface area contributed by atoms with Crippen LogP contribution in [0.4, 0.5) is 4.39 Å². The van der Waals surface area contributed by atoms with E-state index in [9.17, 15) is 14.0 Å². The van der Waals surface area contributed by atoms with Crippen LogP contribution in [-0.4, -0.2) is 46.6 Å². The molecule has 0 aromatic heterocycles. The highest BCUT2D eigenvalue weighted by Gasteiger charge is 2.28. The predicted octanol–water partition coefficient (Wildman–Crippen LogP) is 0.216. The molecule has 1 rings (SSSR count). The molecular formula is C10H15FN2O3S. The summed E-state index contributed by atoms with van der Waals surface area (Å²) >= 11 is 1.41. The lowest BCUT2D eigenvalue weighted by atomic mass is 10.2. The standard InChI is InChI=1S/C10H15FN2O3S/c1-12-10(16)8(11)4-13(6-15)9-3-2-7(5-14)17-9/h4,6-7,9,14H,2-3,5H2,1H3,(H,12,16)/b8-4+. The van der Waals surface area contributed by atoms with Gasteiger partial charge in [0.1, 0.15) is 0 Å². The van der Waals surface area contributed by atoms with E-state index in [1.54, 1.807) is 0 Å². The summed E-state index contributed by atoms with van der Waals surface area (Å²) < 4.78 is 13.3. The van der Waals surface area contributed by atoms with Crippen molar-refractivity contribution in [2.24, 2.45) is 0 Å². The summed E-state index contributed by atoms with van der Waals surface area (Å²) in [5.41, 5.74) is 0. The molecule has 1 fully saturated rings. The van der Waals surface area contributed by atoms with Crippen molar-refractivity contribution in [2.45, 2.75) is 23.5 Å².